The molecule has 4 heteroatoms. The van der Waals surface area contributed by atoms with E-state index in [1.54, 1.807) is 4.90 Å². The summed E-state index contributed by atoms with van der Waals surface area (Å²) in [6.45, 7) is 5.52. The number of nitrogens with two attached hydrogens (primary N) is 1. The van der Waals surface area contributed by atoms with Crippen molar-refractivity contribution in [2.45, 2.75) is 58.5 Å². The average molecular weight is 258 g/mol. The highest BCUT2D eigenvalue weighted by atomic mass is 16.6. The maximum Gasteiger partial charge on any atom is 0.410 e. The number of carbonyl (C=O) groups excluding carboxylic acids is 1. The smallest absolute Gasteiger partial charge is 0.410 e. The lowest BCUT2D eigenvalue weighted by atomic mass is 9.92. The van der Waals surface area contributed by atoms with Crippen LogP contribution in [0.1, 0.15) is 55.6 Å². The predicted molar refractivity (Wildman–Crippen MR) is 73.4 cm³/mol. The zero-order chi connectivity index (χ0) is 15.4. The van der Waals surface area contributed by atoms with Crippen LogP contribution in [0.3, 0.4) is 0 Å². The first-order chi connectivity index (χ1) is 9.07. The van der Waals surface area contributed by atoms with Crippen molar-refractivity contribution in [3.63, 3.8) is 0 Å². The van der Waals surface area contributed by atoms with Gasteiger partial charge in [0.1, 0.15) is 5.60 Å². The Kier molecular flexibility index (Phi) is 4.76. The van der Waals surface area contributed by atoms with Crippen molar-refractivity contribution in [3.8, 4) is 0 Å². The summed E-state index contributed by atoms with van der Waals surface area (Å²) in [4.78, 5) is 13.7. The minimum Gasteiger partial charge on any atom is -0.444 e. The van der Waals surface area contributed by atoms with Gasteiger partial charge in [0.15, 0.2) is 0 Å². The summed E-state index contributed by atoms with van der Waals surface area (Å²) in [6.07, 6.45) is 3.90. The Hall–Kier alpha value is -0.770. The highest BCUT2D eigenvalue weighted by molar-refractivity contribution is 5.68. The van der Waals surface area contributed by atoms with Crippen LogP contribution in [-0.2, 0) is 4.74 Å². The van der Waals surface area contributed by atoms with E-state index >= 15 is 0 Å². The standard InChI is InChI=1S/C14H28N2O2/c1-14(2,3)18-13(17)16-10-7-12(8-11-16)6-4-5-9-15/h12H,4-11,15H2,1-3H3/i9D2. The summed E-state index contributed by atoms with van der Waals surface area (Å²) in [7, 11) is 0. The van der Waals surface area contributed by atoms with E-state index in [1.165, 1.54) is 0 Å². The van der Waals surface area contributed by atoms with Gasteiger partial charge in [-0.05, 0) is 52.4 Å². The van der Waals surface area contributed by atoms with Gasteiger partial charge in [-0.2, -0.15) is 0 Å². The van der Waals surface area contributed by atoms with Crippen LogP contribution in [0.2, 0.25) is 0 Å². The molecule has 1 amide bonds. The molecule has 0 spiro atoms. The van der Waals surface area contributed by atoms with E-state index in [9.17, 15) is 4.79 Å². The molecule has 2 N–H and O–H groups in total. The van der Waals surface area contributed by atoms with Crippen LogP contribution in [0.25, 0.3) is 0 Å². The van der Waals surface area contributed by atoms with E-state index in [1.807, 2.05) is 20.8 Å². The van der Waals surface area contributed by atoms with Gasteiger partial charge in [-0.3, -0.25) is 0 Å². The Labute approximate surface area is 114 Å². The van der Waals surface area contributed by atoms with Crippen molar-refractivity contribution in [3.05, 3.63) is 0 Å². The van der Waals surface area contributed by atoms with Crippen molar-refractivity contribution in [1.29, 1.82) is 0 Å². The predicted octanol–water partition coefficient (Wildman–Crippen LogP) is 2.76. The Morgan fingerprint density at radius 2 is 2.00 bits per heavy atom. The summed E-state index contributed by atoms with van der Waals surface area (Å²) < 4.78 is 20.0. The molecule has 4 nitrogen and oxygen atoms in total. The van der Waals surface area contributed by atoms with Gasteiger partial charge >= 0.3 is 6.09 Å². The molecule has 1 fully saturated rings. The van der Waals surface area contributed by atoms with Crippen LogP contribution < -0.4 is 5.73 Å². The van der Waals surface area contributed by atoms with Gasteiger partial charge in [0.05, 0.1) is 0 Å². The lowest BCUT2D eigenvalue weighted by molar-refractivity contribution is 0.0180. The highest BCUT2D eigenvalue weighted by Gasteiger charge is 2.26. The fraction of sp³-hybridized carbons (Fsp3) is 0.929. The summed E-state index contributed by atoms with van der Waals surface area (Å²) in [5.41, 5.74) is 4.89. The topological polar surface area (TPSA) is 55.6 Å². The Bertz CT molecular complexity index is 316. The minimum atomic E-state index is -1.56. The molecule has 0 unspecified atom stereocenters. The third-order valence-corrected chi connectivity index (χ3v) is 3.20. The molecule has 1 rings (SSSR count). The number of hydrogen-bond acceptors (Lipinski definition) is 3. The lowest BCUT2D eigenvalue weighted by Crippen LogP contribution is -2.41. The second-order valence-corrected chi connectivity index (χ2v) is 6.01. The second-order valence-electron chi connectivity index (χ2n) is 6.01. The molecule has 1 heterocycles. The van der Waals surface area contributed by atoms with E-state index in [4.69, 9.17) is 13.2 Å². The van der Waals surface area contributed by atoms with Gasteiger partial charge in [0.25, 0.3) is 0 Å². The quantitative estimate of drug-likeness (QED) is 0.843. The molecule has 1 saturated heterocycles. The fourth-order valence-corrected chi connectivity index (χ4v) is 2.22. The van der Waals surface area contributed by atoms with E-state index in [0.717, 1.165) is 38.8 Å². The van der Waals surface area contributed by atoms with Gasteiger partial charge in [-0.25, -0.2) is 4.79 Å². The molecule has 0 aromatic heterocycles. The van der Waals surface area contributed by atoms with E-state index in [2.05, 4.69) is 0 Å². The minimum absolute atomic E-state index is 0.228. The van der Waals surface area contributed by atoms with Gasteiger partial charge in [-0.15, -0.1) is 0 Å². The molecule has 0 bridgehead atoms. The zero-order valence-electron chi connectivity index (χ0n) is 13.9. The van der Waals surface area contributed by atoms with E-state index in [0.29, 0.717) is 12.3 Å². The van der Waals surface area contributed by atoms with Crippen LogP contribution in [0.5, 0.6) is 0 Å². The van der Waals surface area contributed by atoms with E-state index < -0.39 is 12.1 Å². The molecule has 0 atom stereocenters. The van der Waals surface area contributed by atoms with Crippen LogP contribution >= 0.6 is 0 Å². The number of hydrogen-bond donors (Lipinski definition) is 1. The molecule has 106 valence electrons. The van der Waals surface area contributed by atoms with Gasteiger partial charge < -0.3 is 15.4 Å². The maximum absolute atomic E-state index is 11.9. The summed E-state index contributed by atoms with van der Waals surface area (Å²) in [5.74, 6) is 0.566. The average Bonchev–Trinajstić information content (AvgIpc) is 2.25. The molecule has 0 aliphatic carbocycles. The maximum atomic E-state index is 11.9. The number of carbonyl (C=O) groups is 1. The van der Waals surface area contributed by atoms with Crippen molar-refractivity contribution in [2.24, 2.45) is 11.7 Å². The molecule has 0 aromatic carbocycles. The number of nitrogens with zero attached hydrogens (tertiary/aromatic N) is 1. The molecule has 18 heavy (non-hydrogen) atoms. The molecular formula is C14H28N2O2. The molecule has 1 aliphatic heterocycles. The molecule has 0 aromatic rings. The zero-order valence-corrected chi connectivity index (χ0v) is 11.9. The first-order valence-corrected chi connectivity index (χ1v) is 6.84. The van der Waals surface area contributed by atoms with Gasteiger partial charge in [0, 0.05) is 15.8 Å². The van der Waals surface area contributed by atoms with Crippen LogP contribution in [0.4, 0.5) is 4.79 Å². The number of rotatable bonds is 4. The highest BCUT2D eigenvalue weighted by Crippen LogP contribution is 2.23. The number of piperidine rings is 1. The van der Waals surface area contributed by atoms with Crippen LogP contribution in [-0.4, -0.2) is 36.2 Å². The van der Waals surface area contributed by atoms with Gasteiger partial charge in [0.2, 0.25) is 0 Å². The summed E-state index contributed by atoms with van der Waals surface area (Å²) in [5, 5.41) is 0. The van der Waals surface area contributed by atoms with Gasteiger partial charge in [-0.1, -0.05) is 12.8 Å². The summed E-state index contributed by atoms with van der Waals surface area (Å²) >= 11 is 0. The van der Waals surface area contributed by atoms with E-state index in [-0.39, 0.29) is 6.09 Å². The normalized spacial score (nSPS) is 20.3. The third kappa shape index (κ3) is 5.71. The molecule has 1 aliphatic rings. The first kappa shape index (κ1) is 12.3. The third-order valence-electron chi connectivity index (χ3n) is 3.20. The van der Waals surface area contributed by atoms with Crippen LogP contribution in [0, 0.1) is 5.92 Å². The molecular weight excluding hydrogens is 228 g/mol. The number of likely N-dealkylation sites (tertiary alicyclic amines) is 1. The fourth-order valence-electron chi connectivity index (χ4n) is 2.22. The molecule has 0 radical (unpaired) electrons. The monoisotopic (exact) mass is 258 g/mol. The SMILES string of the molecule is [2H]C([2H])(N)CCCC1CCN(C(=O)OC(C)(C)C)CC1. The number of ether oxygens (including phenoxy) is 1. The first-order valence-electron chi connectivity index (χ1n) is 7.84. The second kappa shape index (κ2) is 6.98. The van der Waals surface area contributed by atoms with Crippen molar-refractivity contribution in [1.82, 2.24) is 4.90 Å². The van der Waals surface area contributed by atoms with Crippen molar-refractivity contribution in [2.75, 3.05) is 19.6 Å². The Morgan fingerprint density at radius 3 is 2.50 bits per heavy atom. The largest absolute Gasteiger partial charge is 0.444 e. The number of amides is 1. The van der Waals surface area contributed by atoms with Crippen molar-refractivity contribution < 1.29 is 12.3 Å². The summed E-state index contributed by atoms with van der Waals surface area (Å²) in [6, 6.07) is 0. The van der Waals surface area contributed by atoms with Crippen LogP contribution in [0.15, 0.2) is 0 Å². The lowest BCUT2D eigenvalue weighted by Gasteiger charge is -2.33. The Morgan fingerprint density at radius 1 is 1.39 bits per heavy atom. The Balaban J connectivity index is 2.25. The van der Waals surface area contributed by atoms with Crippen molar-refractivity contribution >= 4 is 6.09 Å². The molecule has 0 saturated carbocycles.